The van der Waals surface area contributed by atoms with Crippen LogP contribution in [0.5, 0.6) is 0 Å². The summed E-state index contributed by atoms with van der Waals surface area (Å²) < 4.78 is 0. The molecule has 1 rings (SSSR count). The van der Waals surface area contributed by atoms with Gasteiger partial charge in [0.05, 0.1) is 0 Å². The first-order chi connectivity index (χ1) is 12.3. The fourth-order valence-corrected chi connectivity index (χ4v) is 3.18. The minimum atomic E-state index is 0.788. The molecule has 0 unspecified atom stereocenters. The molecule has 1 nitrogen and oxygen atoms in total. The van der Waals surface area contributed by atoms with Gasteiger partial charge in [-0.05, 0) is 18.6 Å². The van der Waals surface area contributed by atoms with E-state index in [2.05, 4.69) is 18.8 Å². The van der Waals surface area contributed by atoms with Gasteiger partial charge in [0.2, 0.25) is 0 Å². The standard InChI is InChI=1S/C24H39N/c1-2-3-4-5-6-7-8-9-10-11-12-13-14-15-16-17-20-23-21-18-19-22-24(23)25/h18-19,21-22H,2-16,25H2,1H3. The molecule has 0 radical (unpaired) electrons. The van der Waals surface area contributed by atoms with Crippen LogP contribution in [0.15, 0.2) is 24.3 Å². The summed E-state index contributed by atoms with van der Waals surface area (Å²) in [6.07, 6.45) is 20.6. The van der Waals surface area contributed by atoms with Gasteiger partial charge in [-0.3, -0.25) is 0 Å². The van der Waals surface area contributed by atoms with E-state index in [-0.39, 0.29) is 0 Å². The third-order valence-electron chi connectivity index (χ3n) is 4.84. The Morgan fingerprint density at radius 2 is 1.16 bits per heavy atom. The Bertz CT molecular complexity index is 480. The van der Waals surface area contributed by atoms with Crippen molar-refractivity contribution < 1.29 is 0 Å². The lowest BCUT2D eigenvalue weighted by atomic mass is 10.0. The van der Waals surface area contributed by atoms with Crippen LogP contribution < -0.4 is 5.73 Å². The molecule has 0 atom stereocenters. The smallest absolute Gasteiger partial charge is 0.0474 e. The molecule has 0 saturated carbocycles. The Morgan fingerprint density at radius 1 is 0.680 bits per heavy atom. The van der Waals surface area contributed by atoms with Gasteiger partial charge in [0.25, 0.3) is 0 Å². The fourth-order valence-electron chi connectivity index (χ4n) is 3.18. The first-order valence-electron chi connectivity index (χ1n) is 10.7. The van der Waals surface area contributed by atoms with Gasteiger partial charge in [-0.25, -0.2) is 0 Å². The molecule has 1 heteroatoms. The molecule has 25 heavy (non-hydrogen) atoms. The van der Waals surface area contributed by atoms with Crippen LogP contribution in [0.3, 0.4) is 0 Å². The lowest BCUT2D eigenvalue weighted by Crippen LogP contribution is -1.88. The number of unbranched alkanes of at least 4 members (excludes halogenated alkanes) is 14. The molecule has 0 bridgehead atoms. The Hall–Kier alpha value is -1.42. The van der Waals surface area contributed by atoms with Crippen molar-refractivity contribution in [3.8, 4) is 11.8 Å². The molecule has 1 aromatic carbocycles. The van der Waals surface area contributed by atoms with E-state index < -0.39 is 0 Å². The number of nitrogens with two attached hydrogens (primary N) is 1. The number of benzene rings is 1. The molecule has 1 aromatic rings. The lowest BCUT2D eigenvalue weighted by Gasteiger charge is -2.02. The van der Waals surface area contributed by atoms with Crippen molar-refractivity contribution >= 4 is 5.69 Å². The predicted octanol–water partition coefficient (Wildman–Crippen LogP) is 7.49. The summed E-state index contributed by atoms with van der Waals surface area (Å²) in [6, 6.07) is 7.85. The second-order valence-corrected chi connectivity index (χ2v) is 7.24. The minimum absolute atomic E-state index is 0.788. The summed E-state index contributed by atoms with van der Waals surface area (Å²) in [5.74, 6) is 6.44. The highest BCUT2D eigenvalue weighted by molar-refractivity contribution is 5.55. The Balaban J connectivity index is 1.83. The van der Waals surface area contributed by atoms with Crippen LogP contribution in [-0.4, -0.2) is 0 Å². The third kappa shape index (κ3) is 12.6. The predicted molar refractivity (Wildman–Crippen MR) is 113 cm³/mol. The van der Waals surface area contributed by atoms with E-state index in [4.69, 9.17) is 5.73 Å². The molecule has 0 fully saturated rings. The Labute approximate surface area is 156 Å². The number of rotatable bonds is 14. The third-order valence-corrected chi connectivity index (χ3v) is 4.84. The average molecular weight is 342 g/mol. The van der Waals surface area contributed by atoms with Crippen LogP contribution in [0.1, 0.15) is 109 Å². The summed E-state index contributed by atoms with van der Waals surface area (Å²) >= 11 is 0. The van der Waals surface area contributed by atoms with Crippen LogP contribution in [0, 0.1) is 11.8 Å². The Morgan fingerprint density at radius 3 is 1.68 bits per heavy atom. The average Bonchev–Trinajstić information content (AvgIpc) is 2.63. The van der Waals surface area contributed by atoms with E-state index in [0.29, 0.717) is 0 Å². The highest BCUT2D eigenvalue weighted by Gasteiger charge is 1.94. The monoisotopic (exact) mass is 341 g/mol. The lowest BCUT2D eigenvalue weighted by molar-refractivity contribution is 0.536. The van der Waals surface area contributed by atoms with E-state index in [1.807, 2.05) is 24.3 Å². The number of para-hydroxylation sites is 1. The largest absolute Gasteiger partial charge is 0.398 e. The minimum Gasteiger partial charge on any atom is -0.398 e. The summed E-state index contributed by atoms with van der Waals surface area (Å²) in [4.78, 5) is 0. The van der Waals surface area contributed by atoms with Crippen molar-refractivity contribution in [3.05, 3.63) is 29.8 Å². The molecule has 0 aliphatic heterocycles. The molecule has 0 aliphatic rings. The molecule has 2 N–H and O–H groups in total. The quantitative estimate of drug-likeness (QED) is 0.212. The van der Waals surface area contributed by atoms with Gasteiger partial charge in [0, 0.05) is 17.7 Å². The van der Waals surface area contributed by atoms with Crippen LogP contribution in [0.25, 0.3) is 0 Å². The second-order valence-electron chi connectivity index (χ2n) is 7.24. The van der Waals surface area contributed by atoms with E-state index in [1.54, 1.807) is 0 Å². The molecule has 0 aromatic heterocycles. The van der Waals surface area contributed by atoms with Crippen molar-refractivity contribution in [2.45, 2.75) is 103 Å². The number of hydrogen-bond acceptors (Lipinski definition) is 1. The molecule has 0 saturated heterocycles. The number of hydrogen-bond donors (Lipinski definition) is 1. The zero-order valence-electron chi connectivity index (χ0n) is 16.5. The highest BCUT2D eigenvalue weighted by Crippen LogP contribution is 2.13. The fraction of sp³-hybridized carbons (Fsp3) is 0.667. The Kier molecular flexibility index (Phi) is 13.9. The maximum absolute atomic E-state index is 5.88. The zero-order chi connectivity index (χ0) is 18.0. The van der Waals surface area contributed by atoms with Gasteiger partial charge in [-0.2, -0.15) is 0 Å². The zero-order valence-corrected chi connectivity index (χ0v) is 16.5. The van der Waals surface area contributed by atoms with Crippen molar-refractivity contribution in [2.75, 3.05) is 5.73 Å². The highest BCUT2D eigenvalue weighted by atomic mass is 14.5. The van der Waals surface area contributed by atoms with Gasteiger partial charge < -0.3 is 5.73 Å². The number of nitrogen functional groups attached to an aromatic ring is 1. The van der Waals surface area contributed by atoms with Gasteiger partial charge in [0.1, 0.15) is 0 Å². The SMILES string of the molecule is CCCCCCCCCCCCCCCCC#Cc1ccccc1N. The normalized spacial score (nSPS) is 10.4. The van der Waals surface area contributed by atoms with Crippen molar-refractivity contribution in [1.82, 2.24) is 0 Å². The van der Waals surface area contributed by atoms with Crippen molar-refractivity contribution in [3.63, 3.8) is 0 Å². The molecular weight excluding hydrogens is 302 g/mol. The summed E-state index contributed by atoms with van der Waals surface area (Å²) in [5, 5.41) is 0. The molecule has 0 amide bonds. The van der Waals surface area contributed by atoms with Gasteiger partial charge in [0.15, 0.2) is 0 Å². The molecule has 0 aliphatic carbocycles. The van der Waals surface area contributed by atoms with E-state index in [1.165, 1.54) is 89.9 Å². The van der Waals surface area contributed by atoms with Crippen LogP contribution in [0.4, 0.5) is 5.69 Å². The van der Waals surface area contributed by atoms with Gasteiger partial charge >= 0.3 is 0 Å². The maximum atomic E-state index is 5.88. The number of anilines is 1. The summed E-state index contributed by atoms with van der Waals surface area (Å²) in [5.41, 5.74) is 7.64. The molecule has 0 spiro atoms. The molecular formula is C24H39N. The second kappa shape index (κ2) is 16.1. The topological polar surface area (TPSA) is 26.0 Å². The van der Waals surface area contributed by atoms with Crippen LogP contribution in [0.2, 0.25) is 0 Å². The summed E-state index contributed by atoms with van der Waals surface area (Å²) in [6.45, 7) is 2.29. The van der Waals surface area contributed by atoms with Gasteiger partial charge in [-0.1, -0.05) is 114 Å². The van der Waals surface area contributed by atoms with Crippen LogP contribution in [-0.2, 0) is 0 Å². The molecule has 140 valence electrons. The van der Waals surface area contributed by atoms with E-state index in [0.717, 1.165) is 17.7 Å². The summed E-state index contributed by atoms with van der Waals surface area (Å²) in [7, 11) is 0. The van der Waals surface area contributed by atoms with Crippen molar-refractivity contribution in [2.24, 2.45) is 0 Å². The van der Waals surface area contributed by atoms with Gasteiger partial charge in [-0.15, -0.1) is 0 Å². The maximum Gasteiger partial charge on any atom is 0.0474 e. The van der Waals surface area contributed by atoms with Crippen LogP contribution >= 0.6 is 0 Å². The first-order valence-corrected chi connectivity index (χ1v) is 10.7. The molecule has 0 heterocycles. The first kappa shape index (κ1) is 21.6. The van der Waals surface area contributed by atoms with Crippen molar-refractivity contribution in [1.29, 1.82) is 0 Å². The van der Waals surface area contributed by atoms with E-state index >= 15 is 0 Å². The van der Waals surface area contributed by atoms with E-state index in [9.17, 15) is 0 Å².